The second kappa shape index (κ2) is 4.97. The minimum absolute atomic E-state index is 0.0131. The third kappa shape index (κ3) is 3.62. The molecule has 4 nitrogen and oxygen atoms in total. The summed E-state index contributed by atoms with van der Waals surface area (Å²) in [6.45, 7) is 15.1. The fourth-order valence-electron chi connectivity index (χ4n) is 2.90. The molecule has 0 bridgehead atoms. The molecule has 1 aliphatic rings. The normalized spacial score (nSPS) is 22.7. The smallest absolute Gasteiger partial charge is 0.407 e. The summed E-state index contributed by atoms with van der Waals surface area (Å²) in [6, 6.07) is -0.0131. The van der Waals surface area contributed by atoms with E-state index in [0.717, 1.165) is 6.42 Å². The van der Waals surface area contributed by atoms with E-state index in [0.29, 0.717) is 23.3 Å². The molecular formula is C15H30N2O2. The van der Waals surface area contributed by atoms with Crippen LogP contribution in [-0.2, 0) is 4.74 Å². The number of alkyl carbamates (subject to hydrolysis) is 1. The largest absolute Gasteiger partial charge is 0.444 e. The Labute approximate surface area is 117 Å². The van der Waals surface area contributed by atoms with Gasteiger partial charge in [-0.15, -0.1) is 0 Å². The van der Waals surface area contributed by atoms with E-state index in [4.69, 9.17) is 10.5 Å². The topological polar surface area (TPSA) is 64.3 Å². The first kappa shape index (κ1) is 16.3. The summed E-state index contributed by atoms with van der Waals surface area (Å²) >= 11 is 0. The predicted octanol–water partition coefficient (Wildman–Crippen LogP) is 2.91. The van der Waals surface area contributed by atoms with Crippen LogP contribution in [0.1, 0.15) is 54.9 Å². The van der Waals surface area contributed by atoms with E-state index in [-0.39, 0.29) is 12.1 Å². The summed E-state index contributed by atoms with van der Waals surface area (Å²) in [7, 11) is 0. The molecule has 1 aliphatic carbocycles. The van der Waals surface area contributed by atoms with E-state index in [1.54, 1.807) is 0 Å². The van der Waals surface area contributed by atoms with Crippen molar-refractivity contribution in [3.05, 3.63) is 0 Å². The number of carbonyl (C=O) groups is 1. The van der Waals surface area contributed by atoms with Gasteiger partial charge in [-0.1, -0.05) is 27.7 Å². The molecule has 0 aliphatic heterocycles. The third-order valence-corrected chi connectivity index (χ3v) is 4.85. The zero-order chi connectivity index (χ0) is 15.1. The number of ether oxygens (including phenoxy) is 1. The molecule has 4 heteroatoms. The minimum atomic E-state index is -0.471. The lowest BCUT2D eigenvalue weighted by Gasteiger charge is -2.23. The zero-order valence-corrected chi connectivity index (χ0v) is 13.5. The lowest BCUT2D eigenvalue weighted by atomic mass is 10.0. The first-order chi connectivity index (χ1) is 8.41. The van der Waals surface area contributed by atoms with Crippen LogP contribution < -0.4 is 11.1 Å². The van der Waals surface area contributed by atoms with Gasteiger partial charge in [0, 0.05) is 12.6 Å². The predicted molar refractivity (Wildman–Crippen MR) is 77.9 cm³/mol. The van der Waals surface area contributed by atoms with Gasteiger partial charge in [0.15, 0.2) is 0 Å². The number of hydrogen-bond acceptors (Lipinski definition) is 3. The molecule has 0 radical (unpaired) electrons. The van der Waals surface area contributed by atoms with Crippen molar-refractivity contribution < 1.29 is 9.53 Å². The summed E-state index contributed by atoms with van der Waals surface area (Å²) in [6.07, 6.45) is 0.537. The highest BCUT2D eigenvalue weighted by Crippen LogP contribution is 2.69. The number of hydrogen-bond donors (Lipinski definition) is 2. The zero-order valence-electron chi connectivity index (χ0n) is 13.5. The Kier molecular flexibility index (Phi) is 4.26. The summed E-state index contributed by atoms with van der Waals surface area (Å²) < 4.78 is 5.27. The number of nitrogens with two attached hydrogens (primary N) is 1. The maximum absolute atomic E-state index is 11.8. The van der Waals surface area contributed by atoms with E-state index in [1.165, 1.54) is 0 Å². The van der Waals surface area contributed by atoms with Crippen LogP contribution in [0.5, 0.6) is 0 Å². The van der Waals surface area contributed by atoms with Crippen LogP contribution in [0.4, 0.5) is 4.79 Å². The fourth-order valence-corrected chi connectivity index (χ4v) is 2.90. The lowest BCUT2D eigenvalue weighted by Crippen LogP contribution is -2.43. The fraction of sp³-hybridized carbons (Fsp3) is 0.933. The standard InChI is InChI=1S/C15H30N2O2/c1-13(2,3)19-12(18)17-10(9-16)8-11-14(4,5)15(11,6)7/h10-11H,8-9,16H2,1-7H3,(H,17,18). The van der Waals surface area contributed by atoms with Crippen molar-refractivity contribution in [2.24, 2.45) is 22.5 Å². The SMILES string of the molecule is CC(C)(C)OC(=O)NC(CN)CC1C(C)(C)C1(C)C. The molecular weight excluding hydrogens is 240 g/mol. The highest BCUT2D eigenvalue weighted by atomic mass is 16.6. The highest BCUT2D eigenvalue weighted by molar-refractivity contribution is 5.68. The Bertz CT molecular complexity index is 329. The van der Waals surface area contributed by atoms with Crippen LogP contribution >= 0.6 is 0 Å². The van der Waals surface area contributed by atoms with Crippen molar-refractivity contribution in [2.75, 3.05) is 6.54 Å². The van der Waals surface area contributed by atoms with Crippen LogP contribution in [0.15, 0.2) is 0 Å². The van der Waals surface area contributed by atoms with E-state index in [2.05, 4.69) is 33.0 Å². The number of rotatable bonds is 4. The van der Waals surface area contributed by atoms with Crippen LogP contribution in [-0.4, -0.2) is 24.3 Å². The van der Waals surface area contributed by atoms with Crippen LogP contribution in [0, 0.1) is 16.7 Å². The van der Waals surface area contributed by atoms with Crippen LogP contribution in [0.25, 0.3) is 0 Å². The minimum Gasteiger partial charge on any atom is -0.444 e. The Hall–Kier alpha value is -0.770. The molecule has 1 rings (SSSR count). The molecule has 112 valence electrons. The van der Waals surface area contributed by atoms with Crippen molar-refractivity contribution in [1.82, 2.24) is 5.32 Å². The lowest BCUT2D eigenvalue weighted by molar-refractivity contribution is 0.0500. The Balaban J connectivity index is 2.51. The molecule has 1 fully saturated rings. The average molecular weight is 270 g/mol. The Morgan fingerprint density at radius 3 is 2.05 bits per heavy atom. The Morgan fingerprint density at radius 2 is 1.74 bits per heavy atom. The number of amides is 1. The van der Waals surface area contributed by atoms with E-state index in [9.17, 15) is 4.79 Å². The first-order valence-electron chi connectivity index (χ1n) is 7.11. The maximum atomic E-state index is 11.8. The van der Waals surface area contributed by atoms with Crippen LogP contribution in [0.2, 0.25) is 0 Å². The highest BCUT2D eigenvalue weighted by Gasteiger charge is 2.64. The van der Waals surface area contributed by atoms with Gasteiger partial charge in [-0.2, -0.15) is 0 Å². The summed E-state index contributed by atoms with van der Waals surface area (Å²) in [5, 5.41) is 2.88. The van der Waals surface area contributed by atoms with Gasteiger partial charge in [0.25, 0.3) is 0 Å². The van der Waals surface area contributed by atoms with Crippen molar-refractivity contribution in [3.63, 3.8) is 0 Å². The van der Waals surface area contributed by atoms with Crippen molar-refractivity contribution >= 4 is 6.09 Å². The molecule has 1 saturated carbocycles. The second-order valence-corrected chi connectivity index (χ2v) is 7.81. The summed E-state index contributed by atoms with van der Waals surface area (Å²) in [5.74, 6) is 0.587. The first-order valence-corrected chi connectivity index (χ1v) is 7.11. The molecule has 0 aromatic heterocycles. The quantitative estimate of drug-likeness (QED) is 0.825. The summed E-state index contributed by atoms with van der Waals surface area (Å²) in [5.41, 5.74) is 5.93. The van der Waals surface area contributed by atoms with Crippen molar-refractivity contribution in [1.29, 1.82) is 0 Å². The van der Waals surface area contributed by atoms with Gasteiger partial charge >= 0.3 is 6.09 Å². The van der Waals surface area contributed by atoms with E-state index >= 15 is 0 Å². The molecule has 0 aromatic carbocycles. The molecule has 3 N–H and O–H groups in total. The van der Waals surface area contributed by atoms with Gasteiger partial charge in [0.05, 0.1) is 0 Å². The van der Waals surface area contributed by atoms with Gasteiger partial charge in [-0.3, -0.25) is 0 Å². The molecule has 1 amide bonds. The molecule has 0 aromatic rings. The van der Waals surface area contributed by atoms with Gasteiger partial charge in [-0.05, 0) is 43.9 Å². The molecule has 19 heavy (non-hydrogen) atoms. The van der Waals surface area contributed by atoms with Crippen LogP contribution in [0.3, 0.4) is 0 Å². The summed E-state index contributed by atoms with van der Waals surface area (Å²) in [4.78, 5) is 11.8. The molecule has 1 unspecified atom stereocenters. The van der Waals surface area contributed by atoms with Gasteiger partial charge in [-0.25, -0.2) is 4.79 Å². The van der Waals surface area contributed by atoms with Crippen molar-refractivity contribution in [3.8, 4) is 0 Å². The monoisotopic (exact) mass is 270 g/mol. The van der Waals surface area contributed by atoms with Gasteiger partial charge in [0.2, 0.25) is 0 Å². The van der Waals surface area contributed by atoms with E-state index in [1.807, 2.05) is 20.8 Å². The van der Waals surface area contributed by atoms with Gasteiger partial charge in [0.1, 0.15) is 5.60 Å². The molecule has 0 saturated heterocycles. The molecule has 1 atom stereocenters. The Morgan fingerprint density at radius 1 is 1.26 bits per heavy atom. The second-order valence-electron chi connectivity index (χ2n) is 7.81. The molecule has 0 spiro atoms. The van der Waals surface area contributed by atoms with Crippen molar-refractivity contribution in [2.45, 2.75) is 66.5 Å². The maximum Gasteiger partial charge on any atom is 0.407 e. The number of nitrogens with one attached hydrogen (secondary N) is 1. The molecule has 0 heterocycles. The average Bonchev–Trinajstić information content (AvgIpc) is 2.56. The van der Waals surface area contributed by atoms with E-state index < -0.39 is 5.60 Å². The number of carbonyl (C=O) groups excluding carboxylic acids is 1. The van der Waals surface area contributed by atoms with Gasteiger partial charge < -0.3 is 15.8 Å². The third-order valence-electron chi connectivity index (χ3n) is 4.85.